The number of carbonyl (C=O) groups is 1. The van der Waals surface area contributed by atoms with Crippen LogP contribution in [-0.4, -0.2) is 11.0 Å². The van der Waals surface area contributed by atoms with Gasteiger partial charge in [-0.1, -0.05) is 29.5 Å². The fourth-order valence-electron chi connectivity index (χ4n) is 2.36. The highest BCUT2D eigenvalue weighted by molar-refractivity contribution is 9.10. The number of fused-ring (bicyclic) bond motifs is 1. The molecule has 0 aromatic heterocycles. The predicted molar refractivity (Wildman–Crippen MR) is 87.8 cm³/mol. The molecule has 1 heterocycles. The Kier molecular flexibility index (Phi) is 3.82. The van der Waals surface area contributed by atoms with Crippen LogP contribution in [0.1, 0.15) is 22.8 Å². The van der Waals surface area contributed by atoms with Crippen LogP contribution in [0.3, 0.4) is 0 Å². The van der Waals surface area contributed by atoms with E-state index < -0.39 is 6.10 Å². The zero-order valence-corrected chi connectivity index (χ0v) is 14.0. The lowest BCUT2D eigenvalue weighted by molar-refractivity contribution is -0.123. The first kappa shape index (κ1) is 14.6. The average molecular weight is 364 g/mol. The number of amides is 1. The number of hydrogen-bond donors (Lipinski definition) is 2. The van der Waals surface area contributed by atoms with Gasteiger partial charge in [0.1, 0.15) is 0 Å². The maximum atomic E-state index is 11.5. The van der Waals surface area contributed by atoms with Gasteiger partial charge in [0.15, 0.2) is 6.10 Å². The summed E-state index contributed by atoms with van der Waals surface area (Å²) in [5.41, 5.74) is 3.76. The fourth-order valence-corrected chi connectivity index (χ4v) is 3.89. The lowest BCUT2D eigenvalue weighted by Crippen LogP contribution is -2.10. The van der Waals surface area contributed by atoms with Crippen LogP contribution in [0.2, 0.25) is 0 Å². The Morgan fingerprint density at radius 1 is 1.19 bits per heavy atom. The molecule has 1 atom stereocenters. The van der Waals surface area contributed by atoms with Gasteiger partial charge in [-0.3, -0.25) is 4.79 Å². The molecule has 1 unspecified atom stereocenters. The van der Waals surface area contributed by atoms with Crippen LogP contribution in [-0.2, 0) is 4.79 Å². The minimum absolute atomic E-state index is 0.370. The number of rotatable bonds is 2. The normalized spacial score (nSPS) is 16.8. The molecule has 5 heteroatoms. The molecular weight excluding hydrogens is 350 g/mol. The first-order valence-corrected chi connectivity index (χ1v) is 8.14. The molecule has 0 fully saturated rings. The molecule has 0 spiro atoms. The summed E-state index contributed by atoms with van der Waals surface area (Å²) < 4.78 is 0.877. The van der Waals surface area contributed by atoms with Gasteiger partial charge in [-0.05, 0) is 53.5 Å². The van der Waals surface area contributed by atoms with Gasteiger partial charge in [-0.25, -0.2) is 0 Å². The molecule has 3 rings (SSSR count). The first-order valence-electron chi connectivity index (χ1n) is 6.53. The smallest absolute Gasteiger partial charge is 0.257 e. The average Bonchev–Trinajstić information content (AvgIpc) is 2.69. The van der Waals surface area contributed by atoms with Crippen LogP contribution < -0.4 is 5.32 Å². The number of halogens is 1. The summed E-state index contributed by atoms with van der Waals surface area (Å²) in [5.74, 6) is -0.370. The molecule has 108 valence electrons. The van der Waals surface area contributed by atoms with Gasteiger partial charge in [-0.15, -0.1) is 0 Å². The molecule has 21 heavy (non-hydrogen) atoms. The summed E-state index contributed by atoms with van der Waals surface area (Å²) in [6.07, 6.45) is -1.07. The largest absolute Gasteiger partial charge is 0.378 e. The Hall–Kier alpha value is -1.30. The van der Waals surface area contributed by atoms with Crippen molar-refractivity contribution < 1.29 is 9.90 Å². The van der Waals surface area contributed by atoms with E-state index >= 15 is 0 Å². The summed E-state index contributed by atoms with van der Waals surface area (Å²) in [6, 6.07) is 10.0. The van der Waals surface area contributed by atoms with Crippen LogP contribution in [0.15, 0.2) is 44.6 Å². The zero-order valence-electron chi connectivity index (χ0n) is 11.6. The SMILES string of the molecule is Cc1ccc(Sc2cc3c(cc2Br)C(O)C(=O)N3)c(C)c1. The minimum atomic E-state index is -1.07. The van der Waals surface area contributed by atoms with Crippen molar-refractivity contribution in [3.05, 3.63) is 51.5 Å². The highest BCUT2D eigenvalue weighted by Gasteiger charge is 2.29. The number of carbonyl (C=O) groups excluding carboxylic acids is 1. The van der Waals surface area contributed by atoms with Gasteiger partial charge in [0.05, 0.1) is 0 Å². The lowest BCUT2D eigenvalue weighted by atomic mass is 10.1. The second-order valence-electron chi connectivity index (χ2n) is 5.13. The molecule has 0 radical (unpaired) electrons. The van der Waals surface area contributed by atoms with Crippen molar-refractivity contribution in [2.24, 2.45) is 0 Å². The zero-order chi connectivity index (χ0) is 15.1. The molecule has 1 aliphatic heterocycles. The topological polar surface area (TPSA) is 49.3 Å². The number of aryl methyl sites for hydroxylation is 2. The summed E-state index contributed by atoms with van der Waals surface area (Å²) in [7, 11) is 0. The maximum Gasteiger partial charge on any atom is 0.257 e. The van der Waals surface area contributed by atoms with E-state index in [9.17, 15) is 9.90 Å². The first-order chi connectivity index (χ1) is 9.95. The Balaban J connectivity index is 1.97. The highest BCUT2D eigenvalue weighted by atomic mass is 79.9. The highest BCUT2D eigenvalue weighted by Crippen LogP contribution is 2.41. The van der Waals surface area contributed by atoms with E-state index in [-0.39, 0.29) is 5.91 Å². The number of aliphatic hydroxyl groups excluding tert-OH is 1. The quantitative estimate of drug-likeness (QED) is 0.840. The third-order valence-corrected chi connectivity index (χ3v) is 5.61. The van der Waals surface area contributed by atoms with Gasteiger partial charge in [0, 0.05) is 25.5 Å². The van der Waals surface area contributed by atoms with Crippen LogP contribution in [0.5, 0.6) is 0 Å². The van der Waals surface area contributed by atoms with Crippen molar-refractivity contribution >= 4 is 39.3 Å². The maximum absolute atomic E-state index is 11.5. The molecule has 0 bridgehead atoms. The van der Waals surface area contributed by atoms with Crippen LogP contribution in [0.25, 0.3) is 0 Å². The Morgan fingerprint density at radius 2 is 1.95 bits per heavy atom. The monoisotopic (exact) mass is 363 g/mol. The van der Waals surface area contributed by atoms with Crippen molar-refractivity contribution in [3.8, 4) is 0 Å². The molecule has 0 saturated carbocycles. The summed E-state index contributed by atoms with van der Waals surface area (Å²) >= 11 is 5.16. The van der Waals surface area contributed by atoms with Crippen molar-refractivity contribution in [1.29, 1.82) is 0 Å². The van der Waals surface area contributed by atoms with Gasteiger partial charge in [-0.2, -0.15) is 0 Å². The molecule has 1 amide bonds. The Morgan fingerprint density at radius 3 is 2.67 bits per heavy atom. The molecule has 0 saturated heterocycles. The van der Waals surface area contributed by atoms with Crippen molar-refractivity contribution in [2.45, 2.75) is 29.7 Å². The van der Waals surface area contributed by atoms with Gasteiger partial charge < -0.3 is 10.4 Å². The molecule has 3 nitrogen and oxygen atoms in total. The second kappa shape index (κ2) is 5.48. The number of benzene rings is 2. The molecular formula is C16H14BrNO2S. The molecule has 1 aliphatic rings. The molecule has 2 N–H and O–H groups in total. The van der Waals surface area contributed by atoms with E-state index in [1.165, 1.54) is 16.0 Å². The van der Waals surface area contributed by atoms with Crippen molar-refractivity contribution in [2.75, 3.05) is 5.32 Å². The van der Waals surface area contributed by atoms with E-state index in [1.54, 1.807) is 11.8 Å². The summed E-state index contributed by atoms with van der Waals surface area (Å²) in [6.45, 7) is 4.16. The van der Waals surface area contributed by atoms with Crippen molar-refractivity contribution in [1.82, 2.24) is 0 Å². The molecule has 2 aromatic rings. The van der Waals surface area contributed by atoms with Crippen LogP contribution in [0.4, 0.5) is 5.69 Å². The number of nitrogens with one attached hydrogen (secondary N) is 1. The minimum Gasteiger partial charge on any atom is -0.378 e. The van der Waals surface area contributed by atoms with E-state index in [4.69, 9.17) is 0 Å². The molecule has 0 aliphatic carbocycles. The Labute approximate surface area is 135 Å². The standard InChI is InChI=1S/C16H14BrNO2S/c1-8-3-4-13(9(2)5-8)21-14-7-12-10(6-11(14)17)15(19)16(20)18-12/h3-7,15,19H,1-2H3,(H,18,20). The summed E-state index contributed by atoms with van der Waals surface area (Å²) in [5, 5.41) is 12.5. The van der Waals surface area contributed by atoms with E-state index in [0.29, 0.717) is 11.3 Å². The van der Waals surface area contributed by atoms with Gasteiger partial charge in [0.2, 0.25) is 0 Å². The third-order valence-electron chi connectivity index (χ3n) is 3.46. The number of anilines is 1. The van der Waals surface area contributed by atoms with E-state index in [1.807, 2.05) is 12.1 Å². The number of hydrogen-bond acceptors (Lipinski definition) is 3. The third kappa shape index (κ3) is 2.73. The Bertz CT molecular complexity index is 745. The van der Waals surface area contributed by atoms with E-state index in [2.05, 4.69) is 53.3 Å². The fraction of sp³-hybridized carbons (Fsp3) is 0.188. The van der Waals surface area contributed by atoms with Crippen LogP contribution >= 0.6 is 27.7 Å². The number of aliphatic hydroxyl groups is 1. The van der Waals surface area contributed by atoms with Gasteiger partial charge in [0.25, 0.3) is 5.91 Å². The van der Waals surface area contributed by atoms with Gasteiger partial charge >= 0.3 is 0 Å². The second-order valence-corrected chi connectivity index (χ2v) is 7.07. The lowest BCUT2D eigenvalue weighted by Gasteiger charge is -2.10. The van der Waals surface area contributed by atoms with E-state index in [0.717, 1.165) is 9.37 Å². The van der Waals surface area contributed by atoms with Crippen LogP contribution in [0, 0.1) is 13.8 Å². The predicted octanol–water partition coefficient (Wildman–Crippen LogP) is 4.20. The summed E-state index contributed by atoms with van der Waals surface area (Å²) in [4.78, 5) is 13.7. The molecule has 2 aromatic carbocycles. The van der Waals surface area contributed by atoms with Crippen molar-refractivity contribution in [3.63, 3.8) is 0 Å².